The highest BCUT2D eigenvalue weighted by Crippen LogP contribution is 2.43. The summed E-state index contributed by atoms with van der Waals surface area (Å²) in [6.07, 6.45) is 3.70. The molecule has 2 aromatic carbocycles. The van der Waals surface area contributed by atoms with E-state index in [0.29, 0.717) is 22.9 Å². The third-order valence-corrected chi connectivity index (χ3v) is 7.19. The maximum absolute atomic E-state index is 12.9. The molecule has 158 valence electrons. The second kappa shape index (κ2) is 8.16. The highest BCUT2D eigenvalue weighted by atomic mass is 79.9. The fourth-order valence-corrected chi connectivity index (χ4v) is 5.39. The Bertz CT molecular complexity index is 1150. The molecule has 0 atom stereocenters. The topological polar surface area (TPSA) is 154 Å². The quantitative estimate of drug-likeness (QED) is 0.467. The van der Waals surface area contributed by atoms with Gasteiger partial charge in [0, 0.05) is 4.47 Å². The zero-order chi connectivity index (χ0) is 22.1. The van der Waals surface area contributed by atoms with Crippen LogP contribution in [-0.4, -0.2) is 24.5 Å². The first-order chi connectivity index (χ1) is 14.1. The molecule has 0 unspecified atom stereocenters. The molecule has 3 rings (SSSR count). The third kappa shape index (κ3) is 4.08. The van der Waals surface area contributed by atoms with E-state index in [4.69, 9.17) is 5.73 Å². The minimum Gasteiger partial charge on any atom is -0.507 e. The first kappa shape index (κ1) is 21.9. The first-order valence-corrected chi connectivity index (χ1v) is 11.5. The summed E-state index contributed by atoms with van der Waals surface area (Å²) in [4.78, 5) is 11.5. The number of aromatic hydroxyl groups is 2. The lowest BCUT2D eigenvalue weighted by Crippen LogP contribution is -2.28. The summed E-state index contributed by atoms with van der Waals surface area (Å²) in [5, 5.41) is 30.3. The molecule has 0 aliphatic heterocycles. The molecule has 1 fully saturated rings. The number of nitrogens with two attached hydrogens (primary N) is 1. The average molecular weight is 494 g/mol. The SMILES string of the molecule is N#CC1(c2cc(NS(=O)(=O)c3cc(Br)ccc3O)c(O)c(C(N)=O)c2)CCCCC1. The molecule has 0 heterocycles. The van der Waals surface area contributed by atoms with Crippen molar-refractivity contribution in [2.45, 2.75) is 42.4 Å². The van der Waals surface area contributed by atoms with Gasteiger partial charge in [0.15, 0.2) is 5.75 Å². The third-order valence-electron chi connectivity index (χ3n) is 5.30. The minimum atomic E-state index is -4.33. The van der Waals surface area contributed by atoms with Crippen LogP contribution in [0.25, 0.3) is 0 Å². The molecule has 30 heavy (non-hydrogen) atoms. The van der Waals surface area contributed by atoms with Crippen LogP contribution in [0.5, 0.6) is 11.5 Å². The van der Waals surface area contributed by atoms with Gasteiger partial charge in [0.05, 0.1) is 22.7 Å². The van der Waals surface area contributed by atoms with Gasteiger partial charge >= 0.3 is 0 Å². The molecule has 5 N–H and O–H groups in total. The molecule has 1 aliphatic rings. The van der Waals surface area contributed by atoms with Crippen molar-refractivity contribution in [2.75, 3.05) is 4.72 Å². The Balaban J connectivity index is 2.15. The largest absolute Gasteiger partial charge is 0.507 e. The Morgan fingerprint density at radius 3 is 2.43 bits per heavy atom. The van der Waals surface area contributed by atoms with Gasteiger partial charge in [-0.05, 0) is 48.7 Å². The normalized spacial score (nSPS) is 15.9. The van der Waals surface area contributed by atoms with Gasteiger partial charge in [0.25, 0.3) is 15.9 Å². The molecule has 8 nitrogen and oxygen atoms in total. The Morgan fingerprint density at radius 1 is 1.17 bits per heavy atom. The number of benzene rings is 2. The number of carbonyl (C=O) groups excluding carboxylic acids is 1. The summed E-state index contributed by atoms with van der Waals surface area (Å²) in [5.41, 5.74) is 4.30. The zero-order valence-electron chi connectivity index (χ0n) is 15.9. The Hall–Kier alpha value is -2.77. The van der Waals surface area contributed by atoms with Gasteiger partial charge < -0.3 is 15.9 Å². The second-order valence-corrected chi connectivity index (χ2v) is 9.82. The number of amides is 1. The number of sulfonamides is 1. The van der Waals surface area contributed by atoms with E-state index in [2.05, 4.69) is 26.7 Å². The van der Waals surface area contributed by atoms with Gasteiger partial charge in [0.1, 0.15) is 10.6 Å². The molecule has 0 bridgehead atoms. The number of nitrogens with one attached hydrogen (secondary N) is 1. The molecular formula is C20H20BrN3O5S. The zero-order valence-corrected chi connectivity index (χ0v) is 18.3. The standard InChI is InChI=1S/C20H20BrN3O5S/c21-13-4-5-16(25)17(10-13)30(28,29)24-15-9-12(8-14(18(15)26)19(23)27)20(11-22)6-2-1-3-7-20/h4-5,8-10,24-26H,1-3,6-7H2,(H2,23,27). The van der Waals surface area contributed by atoms with E-state index in [1.54, 1.807) is 0 Å². The lowest BCUT2D eigenvalue weighted by molar-refractivity contribution is 0.0997. The van der Waals surface area contributed by atoms with Gasteiger partial charge in [-0.3, -0.25) is 9.52 Å². The number of hydrogen-bond acceptors (Lipinski definition) is 6. The van der Waals surface area contributed by atoms with Gasteiger partial charge in [-0.1, -0.05) is 35.2 Å². The second-order valence-electron chi connectivity index (χ2n) is 7.26. The van der Waals surface area contributed by atoms with Crippen LogP contribution < -0.4 is 10.5 Å². The van der Waals surface area contributed by atoms with Crippen molar-refractivity contribution in [3.05, 3.63) is 45.9 Å². The Morgan fingerprint density at radius 2 is 1.83 bits per heavy atom. The van der Waals surface area contributed by atoms with Crippen molar-refractivity contribution in [3.8, 4) is 17.6 Å². The summed E-state index contributed by atoms with van der Waals surface area (Å²) in [7, 11) is -4.33. The van der Waals surface area contributed by atoms with Crippen LogP contribution in [0.2, 0.25) is 0 Å². The number of rotatable bonds is 5. The summed E-state index contributed by atoms with van der Waals surface area (Å²) < 4.78 is 28.4. The maximum Gasteiger partial charge on any atom is 0.265 e. The van der Waals surface area contributed by atoms with Crippen molar-refractivity contribution >= 4 is 37.5 Å². The lowest BCUT2D eigenvalue weighted by Gasteiger charge is -2.32. The minimum absolute atomic E-state index is 0.288. The monoisotopic (exact) mass is 493 g/mol. The number of carbonyl (C=O) groups is 1. The summed E-state index contributed by atoms with van der Waals surface area (Å²) in [5.74, 6) is -2.09. The van der Waals surface area contributed by atoms with Crippen LogP contribution in [0, 0.1) is 11.3 Å². The number of nitriles is 1. The molecule has 1 amide bonds. The number of hydrogen-bond donors (Lipinski definition) is 4. The smallest absolute Gasteiger partial charge is 0.265 e. The van der Waals surface area contributed by atoms with Crippen molar-refractivity contribution in [3.63, 3.8) is 0 Å². The van der Waals surface area contributed by atoms with Gasteiger partial charge in [-0.25, -0.2) is 8.42 Å². The van der Waals surface area contributed by atoms with Crippen LogP contribution >= 0.6 is 15.9 Å². The molecular weight excluding hydrogens is 474 g/mol. The van der Waals surface area contributed by atoms with Gasteiger partial charge in [-0.15, -0.1) is 0 Å². The highest BCUT2D eigenvalue weighted by Gasteiger charge is 2.36. The van der Waals surface area contributed by atoms with Crippen LogP contribution in [0.15, 0.2) is 39.7 Å². The number of nitrogens with zero attached hydrogens (tertiary/aromatic N) is 1. The molecule has 1 aliphatic carbocycles. The van der Waals surface area contributed by atoms with Gasteiger partial charge in [-0.2, -0.15) is 5.26 Å². The molecule has 0 saturated heterocycles. The number of phenols is 2. The molecule has 0 aromatic heterocycles. The molecule has 0 spiro atoms. The maximum atomic E-state index is 12.9. The van der Waals surface area contributed by atoms with Crippen LogP contribution in [0.3, 0.4) is 0 Å². The van der Waals surface area contributed by atoms with E-state index >= 15 is 0 Å². The fourth-order valence-electron chi connectivity index (χ4n) is 3.70. The van der Waals surface area contributed by atoms with Crippen molar-refractivity contribution in [1.29, 1.82) is 5.26 Å². The van der Waals surface area contributed by atoms with Crippen LogP contribution in [-0.2, 0) is 15.4 Å². The summed E-state index contributed by atoms with van der Waals surface area (Å²) in [6.45, 7) is 0. The van der Waals surface area contributed by atoms with E-state index in [1.165, 1.54) is 30.3 Å². The number of phenolic OH excluding ortho intramolecular Hbond substituents is 1. The predicted molar refractivity (Wildman–Crippen MR) is 114 cm³/mol. The van der Waals surface area contributed by atoms with E-state index in [0.717, 1.165) is 19.3 Å². The van der Waals surface area contributed by atoms with Crippen molar-refractivity contribution in [1.82, 2.24) is 0 Å². The van der Waals surface area contributed by atoms with Crippen molar-refractivity contribution in [2.24, 2.45) is 5.73 Å². The first-order valence-electron chi connectivity index (χ1n) is 9.19. The number of halogens is 1. The number of primary amides is 1. The van der Waals surface area contributed by atoms with Gasteiger partial charge in [0.2, 0.25) is 0 Å². The van der Waals surface area contributed by atoms with Crippen LogP contribution in [0.1, 0.15) is 48.0 Å². The summed E-state index contributed by atoms with van der Waals surface area (Å²) in [6, 6.07) is 8.87. The van der Waals surface area contributed by atoms with Crippen LogP contribution in [0.4, 0.5) is 5.69 Å². The average Bonchev–Trinajstić information content (AvgIpc) is 2.71. The van der Waals surface area contributed by atoms with E-state index in [-0.39, 0.29) is 11.3 Å². The van der Waals surface area contributed by atoms with E-state index in [1.807, 2.05) is 0 Å². The molecule has 0 radical (unpaired) electrons. The molecule has 10 heteroatoms. The van der Waals surface area contributed by atoms with E-state index < -0.39 is 37.7 Å². The van der Waals surface area contributed by atoms with E-state index in [9.17, 15) is 28.7 Å². The van der Waals surface area contributed by atoms with Crippen molar-refractivity contribution < 1.29 is 23.4 Å². The highest BCUT2D eigenvalue weighted by molar-refractivity contribution is 9.10. The predicted octanol–water partition coefficient (Wildman–Crippen LogP) is 3.49. The summed E-state index contributed by atoms with van der Waals surface area (Å²) >= 11 is 3.15. The Kier molecular flexibility index (Phi) is 5.97. The lowest BCUT2D eigenvalue weighted by atomic mass is 9.70. The number of anilines is 1. The Labute approximate surface area is 182 Å². The molecule has 1 saturated carbocycles. The fraction of sp³-hybridized carbons (Fsp3) is 0.300. The molecule has 2 aromatic rings.